The number of nitrogens with zero attached hydrogens (tertiary/aromatic N) is 1. The number of hydrogen-bond acceptors (Lipinski definition) is 6. The van der Waals surface area contributed by atoms with Crippen LogP contribution in [0.5, 0.6) is 0 Å². The van der Waals surface area contributed by atoms with Gasteiger partial charge in [0.2, 0.25) is 23.6 Å². The predicted molar refractivity (Wildman–Crippen MR) is 144 cm³/mol. The van der Waals surface area contributed by atoms with E-state index >= 15 is 0 Å². The van der Waals surface area contributed by atoms with Crippen LogP contribution in [0.25, 0.3) is 0 Å². The molecule has 210 valence electrons. The summed E-state index contributed by atoms with van der Waals surface area (Å²) in [5.74, 6) is -1.13. The van der Waals surface area contributed by atoms with E-state index < -0.39 is 17.8 Å². The number of carboxylic acids is 1. The van der Waals surface area contributed by atoms with Crippen molar-refractivity contribution in [3.63, 3.8) is 0 Å². The molecule has 0 bridgehead atoms. The largest absolute Gasteiger partial charge is 0.481 e. The summed E-state index contributed by atoms with van der Waals surface area (Å²) in [6.07, 6.45) is 8.94. The van der Waals surface area contributed by atoms with Crippen LogP contribution < -0.4 is 10.6 Å². The van der Waals surface area contributed by atoms with Gasteiger partial charge in [0, 0.05) is 32.5 Å². The van der Waals surface area contributed by atoms with Gasteiger partial charge in [-0.05, 0) is 50.2 Å². The monoisotopic (exact) mass is 539 g/mol. The second-order valence-corrected chi connectivity index (χ2v) is 11.9. The SMILES string of the molecule is CC(C)CCCNC(=O)CCN1C(=O)CC(SCCCCCCNC(=O)C2CCCCC2C(=O)O)C1=O. The van der Waals surface area contributed by atoms with E-state index in [-0.39, 0.29) is 48.3 Å². The molecule has 1 saturated heterocycles. The normalized spacial score (nSPS) is 21.9. The lowest BCUT2D eigenvalue weighted by Crippen LogP contribution is -2.40. The number of thioether (sulfide) groups is 1. The number of aliphatic carboxylic acids is 1. The molecular formula is C27H45N3O6S. The molecule has 1 aliphatic heterocycles. The van der Waals surface area contributed by atoms with E-state index in [2.05, 4.69) is 24.5 Å². The van der Waals surface area contributed by atoms with Crippen LogP contribution >= 0.6 is 11.8 Å². The van der Waals surface area contributed by atoms with E-state index in [0.29, 0.717) is 31.8 Å². The molecule has 2 aliphatic rings. The van der Waals surface area contributed by atoms with Crippen molar-refractivity contribution in [1.82, 2.24) is 15.5 Å². The Bertz CT molecular complexity index is 790. The van der Waals surface area contributed by atoms with Crippen molar-refractivity contribution in [3.05, 3.63) is 0 Å². The molecule has 2 fully saturated rings. The maximum atomic E-state index is 12.6. The average Bonchev–Trinajstić information content (AvgIpc) is 3.13. The Morgan fingerprint density at radius 1 is 0.973 bits per heavy atom. The summed E-state index contributed by atoms with van der Waals surface area (Å²) in [6, 6.07) is 0. The number of unbranched alkanes of at least 4 members (excludes halogenated alkanes) is 3. The molecule has 0 aromatic carbocycles. The third-order valence-electron chi connectivity index (χ3n) is 7.15. The van der Waals surface area contributed by atoms with Crippen LogP contribution in [0.4, 0.5) is 0 Å². The number of carbonyl (C=O) groups is 5. The summed E-state index contributed by atoms with van der Waals surface area (Å²) in [4.78, 5) is 61.9. The third kappa shape index (κ3) is 11.0. The Kier molecular flexibility index (Phi) is 14.0. The number of rotatable bonds is 17. The molecule has 4 amide bonds. The molecule has 0 radical (unpaired) electrons. The Labute approximate surface area is 225 Å². The first-order valence-electron chi connectivity index (χ1n) is 13.9. The van der Waals surface area contributed by atoms with Gasteiger partial charge in [0.1, 0.15) is 0 Å². The summed E-state index contributed by atoms with van der Waals surface area (Å²) in [6.45, 7) is 5.59. The van der Waals surface area contributed by atoms with Crippen LogP contribution in [0.15, 0.2) is 0 Å². The van der Waals surface area contributed by atoms with E-state index in [9.17, 15) is 29.1 Å². The van der Waals surface area contributed by atoms with E-state index in [1.807, 2.05) is 0 Å². The molecule has 9 nitrogen and oxygen atoms in total. The van der Waals surface area contributed by atoms with E-state index in [0.717, 1.165) is 57.1 Å². The first-order valence-corrected chi connectivity index (χ1v) is 15.0. The Morgan fingerprint density at radius 3 is 2.35 bits per heavy atom. The van der Waals surface area contributed by atoms with Crippen molar-refractivity contribution < 1.29 is 29.1 Å². The second kappa shape index (κ2) is 16.7. The minimum absolute atomic E-state index is 0.128. The van der Waals surface area contributed by atoms with Crippen molar-refractivity contribution in [3.8, 4) is 0 Å². The molecule has 3 N–H and O–H groups in total. The number of imide groups is 1. The van der Waals surface area contributed by atoms with Crippen LogP contribution in [0.2, 0.25) is 0 Å². The summed E-state index contributed by atoms with van der Waals surface area (Å²) in [5, 5.41) is 14.7. The molecule has 1 saturated carbocycles. The van der Waals surface area contributed by atoms with Crippen LogP contribution in [0, 0.1) is 17.8 Å². The van der Waals surface area contributed by atoms with Gasteiger partial charge in [-0.15, -0.1) is 11.8 Å². The molecule has 2 rings (SSSR count). The predicted octanol–water partition coefficient (Wildman–Crippen LogP) is 3.36. The molecule has 1 aliphatic carbocycles. The number of nitrogens with one attached hydrogen (secondary N) is 2. The van der Waals surface area contributed by atoms with Crippen molar-refractivity contribution >= 4 is 41.4 Å². The van der Waals surface area contributed by atoms with Gasteiger partial charge >= 0.3 is 5.97 Å². The molecule has 3 unspecified atom stereocenters. The first kappa shape index (κ1) is 31.1. The van der Waals surface area contributed by atoms with Crippen LogP contribution in [0.1, 0.15) is 90.9 Å². The lowest BCUT2D eigenvalue weighted by atomic mass is 9.78. The average molecular weight is 540 g/mol. The van der Waals surface area contributed by atoms with Crippen LogP contribution in [-0.4, -0.2) is 70.2 Å². The molecule has 0 aromatic rings. The van der Waals surface area contributed by atoms with Gasteiger partial charge in [-0.1, -0.05) is 39.5 Å². The zero-order valence-corrected chi connectivity index (χ0v) is 23.3. The smallest absolute Gasteiger partial charge is 0.307 e. The van der Waals surface area contributed by atoms with E-state index in [1.165, 1.54) is 16.7 Å². The maximum absolute atomic E-state index is 12.6. The molecule has 1 heterocycles. The summed E-state index contributed by atoms with van der Waals surface area (Å²) >= 11 is 1.51. The summed E-state index contributed by atoms with van der Waals surface area (Å²) in [7, 11) is 0. The van der Waals surface area contributed by atoms with Gasteiger partial charge < -0.3 is 15.7 Å². The summed E-state index contributed by atoms with van der Waals surface area (Å²) in [5.41, 5.74) is 0. The van der Waals surface area contributed by atoms with Gasteiger partial charge in [0.05, 0.1) is 17.1 Å². The number of carbonyl (C=O) groups excluding carboxylic acids is 4. The molecule has 10 heteroatoms. The van der Waals surface area contributed by atoms with Gasteiger partial charge in [-0.25, -0.2) is 0 Å². The van der Waals surface area contributed by atoms with E-state index in [4.69, 9.17) is 0 Å². The van der Waals surface area contributed by atoms with Crippen molar-refractivity contribution in [2.24, 2.45) is 17.8 Å². The Hall–Kier alpha value is -2.10. The number of hydrogen-bond donors (Lipinski definition) is 3. The topological polar surface area (TPSA) is 133 Å². The highest BCUT2D eigenvalue weighted by atomic mass is 32.2. The van der Waals surface area contributed by atoms with Crippen LogP contribution in [0.3, 0.4) is 0 Å². The number of likely N-dealkylation sites (tertiary alicyclic amines) is 1. The minimum atomic E-state index is -0.874. The standard InChI is InChI=1S/C27H45N3O6S/c1-19(2)10-9-15-28-23(31)13-16-30-24(32)18-22(26(30)34)37-17-8-4-3-7-14-29-25(33)20-11-5-6-12-21(20)27(35)36/h19-22H,3-18H2,1-2H3,(H,28,31)(H,29,33)(H,35,36). The molecule has 0 spiro atoms. The molecular weight excluding hydrogens is 494 g/mol. The fourth-order valence-corrected chi connectivity index (χ4v) is 6.13. The quantitative estimate of drug-likeness (QED) is 0.191. The first-order chi connectivity index (χ1) is 17.7. The highest BCUT2D eigenvalue weighted by Gasteiger charge is 2.38. The molecule has 3 atom stereocenters. The van der Waals surface area contributed by atoms with Gasteiger partial charge in [-0.3, -0.25) is 28.9 Å². The van der Waals surface area contributed by atoms with Crippen molar-refractivity contribution in [2.45, 2.75) is 96.1 Å². The third-order valence-corrected chi connectivity index (χ3v) is 8.45. The maximum Gasteiger partial charge on any atom is 0.307 e. The fourth-order valence-electron chi connectivity index (χ4n) is 4.95. The summed E-state index contributed by atoms with van der Waals surface area (Å²) < 4.78 is 0. The zero-order chi connectivity index (χ0) is 27.2. The number of amides is 4. The van der Waals surface area contributed by atoms with Gasteiger partial charge in [0.25, 0.3) is 0 Å². The highest BCUT2D eigenvalue weighted by molar-refractivity contribution is 8.00. The van der Waals surface area contributed by atoms with E-state index in [1.54, 1.807) is 0 Å². The number of carboxylic acid groups (broad SMARTS) is 1. The van der Waals surface area contributed by atoms with Crippen molar-refractivity contribution in [1.29, 1.82) is 0 Å². The second-order valence-electron chi connectivity index (χ2n) is 10.6. The lowest BCUT2D eigenvalue weighted by molar-refractivity contribution is -0.149. The lowest BCUT2D eigenvalue weighted by Gasteiger charge is -2.27. The zero-order valence-electron chi connectivity index (χ0n) is 22.5. The Morgan fingerprint density at radius 2 is 1.65 bits per heavy atom. The van der Waals surface area contributed by atoms with Gasteiger partial charge in [-0.2, -0.15) is 0 Å². The molecule has 37 heavy (non-hydrogen) atoms. The molecule has 0 aromatic heterocycles. The van der Waals surface area contributed by atoms with Gasteiger partial charge in [0.15, 0.2) is 0 Å². The fraction of sp³-hybridized carbons (Fsp3) is 0.815. The van der Waals surface area contributed by atoms with Crippen molar-refractivity contribution in [2.75, 3.05) is 25.4 Å². The highest BCUT2D eigenvalue weighted by Crippen LogP contribution is 2.30. The Balaban J connectivity index is 1.53. The minimum Gasteiger partial charge on any atom is -0.481 e. The van der Waals surface area contributed by atoms with Crippen LogP contribution in [-0.2, 0) is 24.0 Å².